The minimum atomic E-state index is -0.428. The van der Waals surface area contributed by atoms with E-state index in [1.165, 1.54) is 17.6 Å². The van der Waals surface area contributed by atoms with Crippen LogP contribution in [0.4, 0.5) is 5.00 Å². The molecule has 1 N–H and O–H groups in total. The Morgan fingerprint density at radius 1 is 1.42 bits per heavy atom. The number of nitrogens with one attached hydrogen (secondary N) is 1. The molecule has 7 heteroatoms. The Morgan fingerprint density at radius 2 is 2.21 bits per heavy atom. The molecule has 0 bridgehead atoms. The van der Waals surface area contributed by atoms with Crippen molar-refractivity contribution in [2.75, 3.05) is 11.9 Å². The number of carbonyl (C=O) groups is 2. The lowest BCUT2D eigenvalue weighted by atomic mass is 9.93. The highest BCUT2D eigenvalue weighted by atomic mass is 32.1. The van der Waals surface area contributed by atoms with Gasteiger partial charge in [0.05, 0.1) is 30.6 Å². The third-order valence-electron chi connectivity index (χ3n) is 3.74. The van der Waals surface area contributed by atoms with Gasteiger partial charge in [-0.25, -0.2) is 4.79 Å². The van der Waals surface area contributed by atoms with E-state index in [2.05, 4.69) is 5.32 Å². The first-order chi connectivity index (χ1) is 11.4. The van der Waals surface area contributed by atoms with Gasteiger partial charge in [0, 0.05) is 11.3 Å². The van der Waals surface area contributed by atoms with Crippen molar-refractivity contribution in [3.05, 3.63) is 40.2 Å². The summed E-state index contributed by atoms with van der Waals surface area (Å²) in [4.78, 5) is 25.7. The smallest absolute Gasteiger partial charge is 0.341 e. The average Bonchev–Trinajstić information content (AvgIpc) is 3.13. The molecule has 0 aliphatic carbocycles. The average molecular weight is 349 g/mol. The van der Waals surface area contributed by atoms with Crippen molar-refractivity contribution in [1.82, 2.24) is 0 Å². The fourth-order valence-electron chi connectivity index (χ4n) is 2.63. The number of anilines is 1. The zero-order valence-electron chi connectivity index (χ0n) is 13.8. The number of hydrogen-bond acceptors (Lipinski definition) is 6. The minimum Gasteiger partial charge on any atom is -0.462 e. The zero-order chi connectivity index (χ0) is 17.3. The van der Waals surface area contributed by atoms with Gasteiger partial charge in [0.1, 0.15) is 5.00 Å². The molecule has 1 aliphatic rings. The summed E-state index contributed by atoms with van der Waals surface area (Å²) in [5.74, 6) is -0.639. The monoisotopic (exact) mass is 349 g/mol. The molecule has 0 fully saturated rings. The molecule has 2 aromatic rings. The lowest BCUT2D eigenvalue weighted by molar-refractivity contribution is -0.0384. The van der Waals surface area contributed by atoms with Gasteiger partial charge in [-0.1, -0.05) is 0 Å². The van der Waals surface area contributed by atoms with Gasteiger partial charge in [0.2, 0.25) is 0 Å². The quantitative estimate of drug-likeness (QED) is 0.853. The molecule has 1 aliphatic heterocycles. The standard InChI is InChI=1S/C17H19NO5S/c1-4-21-16(20)13-10-8-17(2,3)23-9-12(10)24-15(13)18-14(19)11-6-5-7-22-11/h5-7H,4,8-9H2,1-3H3,(H,18,19). The Bertz CT molecular complexity index is 760. The Hall–Kier alpha value is -2.12. The van der Waals surface area contributed by atoms with Crippen LogP contribution in [-0.2, 0) is 22.5 Å². The maximum absolute atomic E-state index is 12.4. The van der Waals surface area contributed by atoms with E-state index in [9.17, 15) is 9.59 Å². The zero-order valence-corrected chi connectivity index (χ0v) is 14.6. The van der Waals surface area contributed by atoms with E-state index in [4.69, 9.17) is 13.9 Å². The first kappa shape index (κ1) is 16.7. The number of fused-ring (bicyclic) bond motifs is 1. The van der Waals surface area contributed by atoms with Crippen LogP contribution in [0.5, 0.6) is 0 Å². The van der Waals surface area contributed by atoms with E-state index >= 15 is 0 Å². The molecule has 0 radical (unpaired) electrons. The number of esters is 1. The third kappa shape index (κ3) is 3.22. The second kappa shape index (κ2) is 6.41. The molecular weight excluding hydrogens is 330 g/mol. The Balaban J connectivity index is 1.98. The van der Waals surface area contributed by atoms with Crippen LogP contribution in [0, 0.1) is 0 Å². The van der Waals surface area contributed by atoms with E-state index in [-0.39, 0.29) is 18.0 Å². The molecule has 2 aromatic heterocycles. The van der Waals surface area contributed by atoms with E-state index in [1.54, 1.807) is 19.1 Å². The second-order valence-electron chi connectivity index (χ2n) is 6.08. The molecule has 3 rings (SSSR count). The molecule has 24 heavy (non-hydrogen) atoms. The molecule has 0 aromatic carbocycles. The van der Waals surface area contributed by atoms with Crippen LogP contribution in [0.1, 0.15) is 52.1 Å². The normalized spacial score (nSPS) is 15.6. The van der Waals surface area contributed by atoms with E-state index < -0.39 is 11.9 Å². The van der Waals surface area contributed by atoms with Gasteiger partial charge in [-0.3, -0.25) is 4.79 Å². The third-order valence-corrected chi connectivity index (χ3v) is 4.86. The summed E-state index contributed by atoms with van der Waals surface area (Å²) in [6, 6.07) is 3.20. The fraction of sp³-hybridized carbons (Fsp3) is 0.412. The topological polar surface area (TPSA) is 77.8 Å². The number of carbonyl (C=O) groups excluding carboxylic acids is 2. The van der Waals surface area contributed by atoms with Crippen LogP contribution in [-0.4, -0.2) is 24.1 Å². The molecule has 0 saturated heterocycles. The Labute approximate surface area is 143 Å². The number of ether oxygens (including phenoxy) is 2. The van der Waals surface area contributed by atoms with Crippen LogP contribution < -0.4 is 5.32 Å². The fourth-order valence-corrected chi connectivity index (χ4v) is 3.75. The number of rotatable bonds is 4. The summed E-state index contributed by atoms with van der Waals surface area (Å²) in [5.41, 5.74) is 0.954. The van der Waals surface area contributed by atoms with Gasteiger partial charge >= 0.3 is 5.97 Å². The van der Waals surface area contributed by atoms with Gasteiger partial charge < -0.3 is 19.2 Å². The molecule has 0 atom stereocenters. The first-order valence-electron chi connectivity index (χ1n) is 7.72. The number of thiophene rings is 1. The molecule has 128 valence electrons. The Kier molecular flexibility index (Phi) is 4.47. The van der Waals surface area contributed by atoms with Crippen LogP contribution in [0.25, 0.3) is 0 Å². The summed E-state index contributed by atoms with van der Waals surface area (Å²) >= 11 is 1.34. The molecule has 0 saturated carbocycles. The summed E-state index contributed by atoms with van der Waals surface area (Å²) in [5, 5.41) is 3.24. The van der Waals surface area contributed by atoms with Crippen LogP contribution in [0.3, 0.4) is 0 Å². The van der Waals surface area contributed by atoms with Crippen molar-refractivity contribution in [2.24, 2.45) is 0 Å². The minimum absolute atomic E-state index is 0.188. The lowest BCUT2D eigenvalue weighted by Crippen LogP contribution is -2.32. The van der Waals surface area contributed by atoms with Gasteiger partial charge in [-0.05, 0) is 38.5 Å². The van der Waals surface area contributed by atoms with Crippen LogP contribution in [0.15, 0.2) is 22.8 Å². The Morgan fingerprint density at radius 3 is 2.88 bits per heavy atom. The highest BCUT2D eigenvalue weighted by Crippen LogP contribution is 2.41. The molecule has 3 heterocycles. The first-order valence-corrected chi connectivity index (χ1v) is 8.53. The van der Waals surface area contributed by atoms with Gasteiger partial charge in [0.15, 0.2) is 5.76 Å². The summed E-state index contributed by atoms with van der Waals surface area (Å²) in [7, 11) is 0. The van der Waals surface area contributed by atoms with Crippen molar-refractivity contribution in [3.63, 3.8) is 0 Å². The maximum Gasteiger partial charge on any atom is 0.341 e. The van der Waals surface area contributed by atoms with Crippen LogP contribution >= 0.6 is 11.3 Å². The molecular formula is C17H19NO5S. The summed E-state index contributed by atoms with van der Waals surface area (Å²) in [6.45, 7) is 6.39. The highest BCUT2D eigenvalue weighted by molar-refractivity contribution is 7.17. The van der Waals surface area contributed by atoms with Gasteiger partial charge in [0.25, 0.3) is 5.91 Å². The van der Waals surface area contributed by atoms with E-state index in [0.717, 1.165) is 10.4 Å². The van der Waals surface area contributed by atoms with Gasteiger partial charge in [-0.2, -0.15) is 0 Å². The number of amides is 1. The van der Waals surface area contributed by atoms with Crippen molar-refractivity contribution in [2.45, 2.75) is 39.4 Å². The molecule has 0 unspecified atom stereocenters. The molecule has 1 amide bonds. The van der Waals surface area contributed by atoms with Crippen molar-refractivity contribution < 1.29 is 23.5 Å². The summed E-state index contributed by atoms with van der Waals surface area (Å²) < 4.78 is 16.1. The number of hydrogen-bond donors (Lipinski definition) is 1. The lowest BCUT2D eigenvalue weighted by Gasteiger charge is -2.30. The van der Waals surface area contributed by atoms with E-state index in [1.807, 2.05) is 13.8 Å². The highest BCUT2D eigenvalue weighted by Gasteiger charge is 2.34. The van der Waals surface area contributed by atoms with E-state index in [0.29, 0.717) is 23.6 Å². The number of furan rings is 1. The summed E-state index contributed by atoms with van der Waals surface area (Å²) in [6.07, 6.45) is 2.01. The second-order valence-corrected chi connectivity index (χ2v) is 7.19. The SMILES string of the molecule is CCOC(=O)c1c(NC(=O)c2ccco2)sc2c1CC(C)(C)OC2. The van der Waals surface area contributed by atoms with Gasteiger partial charge in [-0.15, -0.1) is 11.3 Å². The van der Waals surface area contributed by atoms with Crippen molar-refractivity contribution >= 4 is 28.2 Å². The molecule has 0 spiro atoms. The molecule has 6 nitrogen and oxygen atoms in total. The predicted octanol–water partition coefficient (Wildman–Crippen LogP) is 3.62. The maximum atomic E-state index is 12.4. The van der Waals surface area contributed by atoms with Crippen LogP contribution in [0.2, 0.25) is 0 Å². The van der Waals surface area contributed by atoms with Crippen molar-refractivity contribution in [1.29, 1.82) is 0 Å². The largest absolute Gasteiger partial charge is 0.462 e. The van der Waals surface area contributed by atoms with Crippen molar-refractivity contribution in [3.8, 4) is 0 Å². The predicted molar refractivity (Wildman–Crippen MR) is 89.5 cm³/mol.